The van der Waals surface area contributed by atoms with Crippen molar-refractivity contribution in [1.29, 1.82) is 0 Å². The summed E-state index contributed by atoms with van der Waals surface area (Å²) in [6.45, 7) is 0. The van der Waals surface area contributed by atoms with Gasteiger partial charge in [-0.15, -0.1) is 0 Å². The van der Waals surface area contributed by atoms with E-state index in [9.17, 15) is 16.7 Å². The van der Waals surface area contributed by atoms with Crippen LogP contribution in [0.15, 0.2) is 53.4 Å². The van der Waals surface area contributed by atoms with Gasteiger partial charge in [-0.1, -0.05) is 35.9 Å². The molecule has 0 amide bonds. The van der Waals surface area contributed by atoms with Crippen molar-refractivity contribution in [3.8, 4) is 0 Å². The highest BCUT2D eigenvalue weighted by atomic mass is 127. The summed E-state index contributed by atoms with van der Waals surface area (Å²) in [5.74, 6) is -0.220. The van der Waals surface area contributed by atoms with Crippen molar-refractivity contribution in [2.45, 2.75) is 10.6 Å². The molecule has 21 heavy (non-hydrogen) atoms. The normalized spacial score (nSPS) is 11.3. The Hall–Kier alpha value is -1.03. The zero-order valence-electron chi connectivity index (χ0n) is 10.6. The van der Waals surface area contributed by atoms with E-state index in [2.05, 4.69) is 0 Å². The van der Waals surface area contributed by atoms with Crippen LogP contribution in [0, 0.1) is 5.21 Å². The molecule has 0 radical (unpaired) electrons. The predicted molar refractivity (Wildman–Crippen MR) is 89.3 cm³/mol. The van der Waals surface area contributed by atoms with Crippen LogP contribution in [0.1, 0.15) is 5.56 Å². The highest BCUT2D eigenvalue weighted by molar-refractivity contribution is 14.1. The van der Waals surface area contributed by atoms with Crippen molar-refractivity contribution >= 4 is 48.6 Å². The first-order chi connectivity index (χ1) is 9.94. The summed E-state index contributed by atoms with van der Waals surface area (Å²) >= 11 is 4.08. The molecule has 112 valence electrons. The molecule has 0 N–H and O–H groups in total. The quantitative estimate of drug-likeness (QED) is 0.403. The molecule has 0 heterocycles. The van der Waals surface area contributed by atoms with Crippen LogP contribution in [0.3, 0.4) is 0 Å². The maximum atomic E-state index is 12.3. The van der Waals surface area contributed by atoms with Gasteiger partial charge in [0, 0.05) is 5.69 Å². The minimum Gasteiger partial charge on any atom is -0.748 e. The number of nitrogens with zero attached hydrogens (tertiary/aromatic N) is 1. The molecular weight excluding hydrogens is 429 g/mol. The topological polar surface area (TPSA) is 77.5 Å². The van der Waals surface area contributed by atoms with E-state index in [4.69, 9.17) is 11.6 Å². The van der Waals surface area contributed by atoms with Gasteiger partial charge in [-0.05, 0) is 29.8 Å². The van der Waals surface area contributed by atoms with Crippen molar-refractivity contribution in [2.75, 3.05) is 3.28 Å². The third-order valence-corrected chi connectivity index (χ3v) is 5.83. The fourth-order valence-corrected chi connectivity index (χ4v) is 4.22. The van der Waals surface area contributed by atoms with Crippen LogP contribution in [0.5, 0.6) is 0 Å². The van der Waals surface area contributed by atoms with E-state index in [1.54, 1.807) is 12.1 Å². The number of hydrogen-bond donors (Lipinski definition) is 0. The smallest absolute Gasteiger partial charge is 0.262 e. The van der Waals surface area contributed by atoms with E-state index >= 15 is 0 Å². The van der Waals surface area contributed by atoms with Gasteiger partial charge in [-0.2, -0.15) is 0 Å². The molecule has 0 aliphatic heterocycles. The second kappa shape index (κ2) is 6.82. The van der Waals surface area contributed by atoms with Gasteiger partial charge in [0.2, 0.25) is 0 Å². The molecule has 8 heteroatoms. The largest absolute Gasteiger partial charge is 0.748 e. The predicted octanol–water partition coefficient (Wildman–Crippen LogP) is 3.85. The van der Waals surface area contributed by atoms with E-state index < -0.39 is 31.3 Å². The summed E-state index contributed by atoms with van der Waals surface area (Å²) in [7, 11) is -3.56. The van der Waals surface area contributed by atoms with E-state index in [0.717, 1.165) is 0 Å². The van der Waals surface area contributed by atoms with Gasteiger partial charge in [-0.3, -0.25) is 0 Å². The Bertz CT molecular complexity index is 749. The Balaban J connectivity index is 2.25. The van der Waals surface area contributed by atoms with Gasteiger partial charge in [0.1, 0.15) is 0 Å². The molecule has 0 saturated heterocycles. The van der Waals surface area contributed by atoms with Gasteiger partial charge in [-0.25, -0.2) is 11.5 Å². The maximum absolute atomic E-state index is 12.3. The second-order valence-corrected chi connectivity index (χ2v) is 7.81. The van der Waals surface area contributed by atoms with E-state index in [-0.39, 0.29) is 21.4 Å². The van der Waals surface area contributed by atoms with Crippen LogP contribution in [0.25, 0.3) is 0 Å². The standard InChI is InChI=1S/C13H10ClINO4S/c14-12-3-1-2-4-13(12)21(19,20)9-10-5-7-11(8-6-10)16(18)15-17/h1-8H,9H2/q-1. The Morgan fingerprint density at radius 1 is 1.10 bits per heavy atom. The molecule has 0 atom stereocenters. The number of sulfone groups is 1. The molecule has 0 unspecified atom stereocenters. The molecule has 2 rings (SSSR count). The second-order valence-electron chi connectivity index (χ2n) is 4.17. The SMILES string of the molecule is O=IN([O-])c1ccc(CS(=O)(=O)c2ccccc2Cl)cc1. The summed E-state index contributed by atoms with van der Waals surface area (Å²) in [5, 5.41) is 11.4. The highest BCUT2D eigenvalue weighted by Gasteiger charge is 2.18. The molecule has 0 spiro atoms. The zero-order valence-corrected chi connectivity index (χ0v) is 14.3. The number of benzene rings is 2. The lowest BCUT2D eigenvalue weighted by Gasteiger charge is -2.20. The van der Waals surface area contributed by atoms with Crippen molar-refractivity contribution < 1.29 is 11.5 Å². The van der Waals surface area contributed by atoms with Gasteiger partial charge in [0.05, 0.1) is 15.7 Å². The average molecular weight is 439 g/mol. The van der Waals surface area contributed by atoms with E-state index in [1.807, 2.05) is 0 Å². The lowest BCUT2D eigenvalue weighted by Crippen LogP contribution is -2.06. The summed E-state index contributed by atoms with van der Waals surface area (Å²) in [4.78, 5) is 0.0756. The Morgan fingerprint density at radius 2 is 1.71 bits per heavy atom. The zero-order chi connectivity index (χ0) is 15.5. The minimum absolute atomic E-state index is 0.0756. The molecule has 2 aromatic rings. The number of rotatable bonds is 5. The van der Waals surface area contributed by atoms with Crippen LogP contribution >= 0.6 is 33.1 Å². The number of halogens is 2. The molecule has 2 aromatic carbocycles. The van der Waals surface area contributed by atoms with Crippen LogP contribution in [0.2, 0.25) is 5.02 Å². The first kappa shape index (κ1) is 16.3. The molecule has 0 bridgehead atoms. The summed E-state index contributed by atoms with van der Waals surface area (Å²) in [6, 6.07) is 12.2. The fourth-order valence-electron chi connectivity index (χ4n) is 1.74. The number of anilines is 1. The summed E-state index contributed by atoms with van der Waals surface area (Å²) in [5.41, 5.74) is 0.771. The Kier molecular flexibility index (Phi) is 5.31. The van der Waals surface area contributed by atoms with Gasteiger partial charge >= 0.3 is 0 Å². The van der Waals surface area contributed by atoms with E-state index in [0.29, 0.717) is 8.84 Å². The summed E-state index contributed by atoms with van der Waals surface area (Å²) in [6.07, 6.45) is 0. The van der Waals surface area contributed by atoms with Crippen LogP contribution in [-0.2, 0) is 18.7 Å². The van der Waals surface area contributed by atoms with Gasteiger partial charge in [0.15, 0.2) is 9.84 Å². The van der Waals surface area contributed by atoms with Gasteiger partial charge in [0.25, 0.3) is 21.5 Å². The molecule has 0 aliphatic carbocycles. The van der Waals surface area contributed by atoms with Crippen molar-refractivity contribution in [2.24, 2.45) is 0 Å². The molecule has 5 nitrogen and oxygen atoms in total. The molecule has 0 aliphatic rings. The third-order valence-electron chi connectivity index (χ3n) is 2.73. The van der Waals surface area contributed by atoms with Crippen LogP contribution in [0.4, 0.5) is 5.69 Å². The van der Waals surface area contributed by atoms with Crippen molar-refractivity contribution in [3.63, 3.8) is 0 Å². The first-order valence-corrected chi connectivity index (χ1v) is 9.62. The van der Waals surface area contributed by atoms with Gasteiger partial charge < -0.3 is 8.48 Å². The van der Waals surface area contributed by atoms with Crippen molar-refractivity contribution in [1.82, 2.24) is 0 Å². The Morgan fingerprint density at radius 3 is 2.29 bits per heavy atom. The monoisotopic (exact) mass is 438 g/mol. The minimum atomic E-state index is -3.56. The maximum Gasteiger partial charge on any atom is 0.262 e. The fraction of sp³-hybridized carbons (Fsp3) is 0.0769. The molecular formula is C13H10ClINO4S-. The highest BCUT2D eigenvalue weighted by Crippen LogP contribution is 2.26. The Labute approximate surface area is 138 Å². The van der Waals surface area contributed by atoms with Crippen LogP contribution in [-0.4, -0.2) is 8.42 Å². The lowest BCUT2D eigenvalue weighted by molar-refractivity contribution is 0.595. The molecule has 0 fully saturated rings. The van der Waals surface area contributed by atoms with E-state index in [1.165, 1.54) is 36.4 Å². The molecule has 0 saturated carbocycles. The third kappa shape index (κ3) is 4.00. The van der Waals surface area contributed by atoms with Crippen LogP contribution < -0.4 is 3.28 Å². The number of hydrogen-bond acceptors (Lipinski definition) is 4. The van der Waals surface area contributed by atoms with Crippen molar-refractivity contribution in [3.05, 3.63) is 64.3 Å². The molecule has 0 aromatic heterocycles. The first-order valence-electron chi connectivity index (χ1n) is 5.75. The average Bonchev–Trinajstić information content (AvgIpc) is 2.47. The lowest BCUT2D eigenvalue weighted by atomic mass is 10.2. The summed E-state index contributed by atoms with van der Waals surface area (Å²) < 4.78 is 35.6.